The summed E-state index contributed by atoms with van der Waals surface area (Å²) in [6, 6.07) is 7.61. The summed E-state index contributed by atoms with van der Waals surface area (Å²) in [5, 5.41) is 0. The van der Waals surface area contributed by atoms with Crippen molar-refractivity contribution in [2.45, 2.75) is 13.0 Å². The lowest BCUT2D eigenvalue weighted by atomic mass is 10.2. The Balaban J connectivity index is 1.78. The third kappa shape index (κ3) is 3.34. The topological polar surface area (TPSA) is 53.7 Å². The van der Waals surface area contributed by atoms with Gasteiger partial charge in [-0.2, -0.15) is 0 Å². The average Bonchev–Trinajstić information content (AvgIpc) is 2.38. The minimum absolute atomic E-state index is 0.0804. The van der Waals surface area contributed by atoms with E-state index in [-0.39, 0.29) is 12.0 Å². The quantitative estimate of drug-likeness (QED) is 0.824. The number of thiocarbonyl (C=S) groups is 1. The van der Waals surface area contributed by atoms with Gasteiger partial charge >= 0.3 is 0 Å². The van der Waals surface area contributed by atoms with Crippen LogP contribution in [0.1, 0.15) is 6.92 Å². The fraction of sp³-hybridized carbons (Fsp3) is 0.462. The van der Waals surface area contributed by atoms with Gasteiger partial charge in [-0.1, -0.05) is 31.3 Å². The molecule has 0 saturated heterocycles. The summed E-state index contributed by atoms with van der Waals surface area (Å²) in [6.45, 7) is 3.42. The molecule has 0 spiro atoms. The van der Waals surface area contributed by atoms with Gasteiger partial charge in [0, 0.05) is 5.92 Å². The lowest BCUT2D eigenvalue weighted by Crippen LogP contribution is -2.34. The summed E-state index contributed by atoms with van der Waals surface area (Å²) in [7, 11) is 0. The zero-order valence-electron chi connectivity index (χ0n) is 10.3. The molecule has 1 heterocycles. The first-order chi connectivity index (χ1) is 8.66. The fourth-order valence-electron chi connectivity index (χ4n) is 1.60. The maximum Gasteiger partial charge on any atom is 0.161 e. The monoisotopic (exact) mass is 267 g/mol. The van der Waals surface area contributed by atoms with Crippen LogP contribution in [0.4, 0.5) is 0 Å². The molecule has 98 valence electrons. The van der Waals surface area contributed by atoms with Crippen LogP contribution in [-0.2, 0) is 4.74 Å². The smallest absolute Gasteiger partial charge is 0.161 e. The van der Waals surface area contributed by atoms with E-state index in [1.165, 1.54) is 0 Å². The lowest BCUT2D eigenvalue weighted by Gasteiger charge is -2.26. The van der Waals surface area contributed by atoms with Crippen LogP contribution in [0.25, 0.3) is 0 Å². The highest BCUT2D eigenvalue weighted by molar-refractivity contribution is 7.80. The van der Waals surface area contributed by atoms with Crippen LogP contribution in [0, 0.1) is 5.92 Å². The number of rotatable bonds is 5. The van der Waals surface area contributed by atoms with Crippen molar-refractivity contribution in [1.29, 1.82) is 0 Å². The van der Waals surface area contributed by atoms with E-state index < -0.39 is 0 Å². The Labute approximate surface area is 112 Å². The van der Waals surface area contributed by atoms with Crippen molar-refractivity contribution in [1.82, 2.24) is 0 Å². The SMILES string of the molecule is CC(COCC1COc2ccccc2O1)C(N)=S. The summed E-state index contributed by atoms with van der Waals surface area (Å²) in [5.74, 6) is 1.63. The van der Waals surface area contributed by atoms with Crippen LogP contribution in [-0.4, -0.2) is 30.9 Å². The molecule has 2 N–H and O–H groups in total. The summed E-state index contributed by atoms with van der Waals surface area (Å²) in [4.78, 5) is 0.473. The van der Waals surface area contributed by atoms with Gasteiger partial charge in [-0.25, -0.2) is 0 Å². The molecule has 0 fully saturated rings. The van der Waals surface area contributed by atoms with E-state index >= 15 is 0 Å². The molecule has 2 rings (SSSR count). The number of para-hydroxylation sites is 2. The zero-order valence-corrected chi connectivity index (χ0v) is 11.1. The largest absolute Gasteiger partial charge is 0.486 e. The van der Waals surface area contributed by atoms with Crippen LogP contribution < -0.4 is 15.2 Å². The van der Waals surface area contributed by atoms with E-state index in [1.54, 1.807) is 0 Å². The van der Waals surface area contributed by atoms with Crippen molar-refractivity contribution in [3.05, 3.63) is 24.3 Å². The molecule has 0 amide bonds. The Morgan fingerprint density at radius 3 is 2.94 bits per heavy atom. The van der Waals surface area contributed by atoms with Gasteiger partial charge in [0.2, 0.25) is 0 Å². The van der Waals surface area contributed by atoms with Crippen molar-refractivity contribution >= 4 is 17.2 Å². The normalized spacial score (nSPS) is 19.3. The summed E-state index contributed by atoms with van der Waals surface area (Å²) >= 11 is 4.88. The number of benzene rings is 1. The number of nitrogens with two attached hydrogens (primary N) is 1. The standard InChI is InChI=1S/C13H17NO3S/c1-9(13(14)18)6-15-7-10-8-16-11-4-2-3-5-12(11)17-10/h2-5,9-10H,6-8H2,1H3,(H2,14,18). The predicted octanol–water partition coefficient (Wildman–Crippen LogP) is 1.77. The Morgan fingerprint density at radius 2 is 2.22 bits per heavy atom. The van der Waals surface area contributed by atoms with Crippen molar-refractivity contribution in [3.63, 3.8) is 0 Å². The molecule has 1 aromatic carbocycles. The number of hydrogen-bond acceptors (Lipinski definition) is 4. The maximum atomic E-state index is 5.76. The lowest BCUT2D eigenvalue weighted by molar-refractivity contribution is 0.00488. The van der Waals surface area contributed by atoms with Gasteiger partial charge in [0.05, 0.1) is 18.2 Å². The second-order valence-corrected chi connectivity index (χ2v) is 4.81. The van der Waals surface area contributed by atoms with Gasteiger partial charge < -0.3 is 19.9 Å². The second-order valence-electron chi connectivity index (χ2n) is 4.34. The van der Waals surface area contributed by atoms with E-state index in [0.717, 1.165) is 11.5 Å². The van der Waals surface area contributed by atoms with Crippen molar-refractivity contribution in [2.75, 3.05) is 19.8 Å². The van der Waals surface area contributed by atoms with E-state index in [0.29, 0.717) is 24.8 Å². The Bertz CT molecular complexity index is 424. The minimum Gasteiger partial charge on any atom is -0.486 e. The average molecular weight is 267 g/mol. The van der Waals surface area contributed by atoms with E-state index in [1.807, 2.05) is 31.2 Å². The number of ether oxygens (including phenoxy) is 3. The Morgan fingerprint density at radius 1 is 1.50 bits per heavy atom. The molecular weight excluding hydrogens is 250 g/mol. The predicted molar refractivity (Wildman–Crippen MR) is 73.1 cm³/mol. The highest BCUT2D eigenvalue weighted by Crippen LogP contribution is 2.30. The molecular formula is C13H17NO3S. The van der Waals surface area contributed by atoms with Crippen molar-refractivity contribution < 1.29 is 14.2 Å². The van der Waals surface area contributed by atoms with E-state index in [9.17, 15) is 0 Å². The van der Waals surface area contributed by atoms with Gasteiger partial charge in [-0.3, -0.25) is 0 Å². The third-order valence-corrected chi connectivity index (χ3v) is 3.13. The molecule has 1 aliphatic heterocycles. The molecule has 5 heteroatoms. The van der Waals surface area contributed by atoms with E-state index in [4.69, 9.17) is 32.2 Å². The molecule has 18 heavy (non-hydrogen) atoms. The van der Waals surface area contributed by atoms with Crippen LogP contribution in [0.2, 0.25) is 0 Å². The molecule has 2 unspecified atom stereocenters. The van der Waals surface area contributed by atoms with Gasteiger partial charge in [0.15, 0.2) is 17.6 Å². The third-order valence-electron chi connectivity index (χ3n) is 2.72. The Hall–Kier alpha value is -1.33. The van der Waals surface area contributed by atoms with Crippen LogP contribution in [0.5, 0.6) is 11.5 Å². The minimum atomic E-state index is -0.0848. The highest BCUT2D eigenvalue weighted by atomic mass is 32.1. The number of hydrogen-bond donors (Lipinski definition) is 1. The summed E-state index contributed by atoms with van der Waals surface area (Å²) < 4.78 is 16.9. The summed E-state index contributed by atoms with van der Waals surface area (Å²) in [6.07, 6.45) is -0.0848. The molecule has 4 nitrogen and oxygen atoms in total. The molecule has 1 aliphatic rings. The summed E-state index contributed by atoms with van der Waals surface area (Å²) in [5.41, 5.74) is 5.51. The first kappa shape index (κ1) is 13.1. The fourth-order valence-corrected chi connectivity index (χ4v) is 1.67. The number of fused-ring (bicyclic) bond motifs is 1. The van der Waals surface area contributed by atoms with Gasteiger partial charge in [0.25, 0.3) is 0 Å². The first-order valence-corrected chi connectivity index (χ1v) is 6.33. The zero-order chi connectivity index (χ0) is 13.0. The molecule has 2 atom stereocenters. The maximum absolute atomic E-state index is 5.76. The molecule has 0 aromatic heterocycles. The highest BCUT2D eigenvalue weighted by Gasteiger charge is 2.20. The van der Waals surface area contributed by atoms with E-state index in [2.05, 4.69) is 0 Å². The van der Waals surface area contributed by atoms with Gasteiger partial charge in [0.1, 0.15) is 6.61 Å². The van der Waals surface area contributed by atoms with Crippen LogP contribution >= 0.6 is 12.2 Å². The Kier molecular flexibility index (Phi) is 4.38. The molecule has 1 aromatic rings. The van der Waals surface area contributed by atoms with Gasteiger partial charge in [-0.15, -0.1) is 0 Å². The molecule has 0 saturated carbocycles. The molecule has 0 bridgehead atoms. The van der Waals surface area contributed by atoms with Crippen LogP contribution in [0.3, 0.4) is 0 Å². The van der Waals surface area contributed by atoms with Crippen molar-refractivity contribution in [2.24, 2.45) is 11.7 Å². The molecule has 0 radical (unpaired) electrons. The van der Waals surface area contributed by atoms with Crippen LogP contribution in [0.15, 0.2) is 24.3 Å². The van der Waals surface area contributed by atoms with Crippen molar-refractivity contribution in [3.8, 4) is 11.5 Å². The van der Waals surface area contributed by atoms with Gasteiger partial charge in [-0.05, 0) is 12.1 Å². The first-order valence-electron chi connectivity index (χ1n) is 5.92. The molecule has 0 aliphatic carbocycles. The second kappa shape index (κ2) is 6.02.